The Labute approximate surface area is 187 Å². The van der Waals surface area contributed by atoms with Gasteiger partial charge in [-0.1, -0.05) is 26.0 Å². The predicted octanol–water partition coefficient (Wildman–Crippen LogP) is 2.93. The molecule has 32 heavy (non-hydrogen) atoms. The van der Waals surface area contributed by atoms with Crippen LogP contribution >= 0.6 is 0 Å². The Kier molecular flexibility index (Phi) is 5.77. The molecule has 3 heterocycles. The summed E-state index contributed by atoms with van der Waals surface area (Å²) in [6.45, 7) is 7.01. The molecule has 1 atom stereocenters. The normalized spacial score (nSPS) is 15.3. The fourth-order valence-corrected chi connectivity index (χ4v) is 3.98. The van der Waals surface area contributed by atoms with Crippen molar-refractivity contribution in [2.45, 2.75) is 39.9 Å². The fraction of sp³-hybridized carbons (Fsp3) is 0.348. The van der Waals surface area contributed by atoms with Crippen LogP contribution in [0.1, 0.15) is 36.2 Å². The van der Waals surface area contributed by atoms with Gasteiger partial charge in [0.15, 0.2) is 5.82 Å². The molecule has 1 unspecified atom stereocenters. The Hall–Kier alpha value is -3.93. The van der Waals surface area contributed by atoms with Gasteiger partial charge in [-0.15, -0.1) is 0 Å². The second kappa shape index (κ2) is 8.67. The SMILES string of the molecule is Cc1nc(NCc2cnn(Cc3cccc(C#N)c3)c2)nc2c1NC(=O)C(C(C)C)N2C. The first kappa shape index (κ1) is 21.3. The Morgan fingerprint density at radius 2 is 2.09 bits per heavy atom. The lowest BCUT2D eigenvalue weighted by molar-refractivity contribution is -0.118. The van der Waals surface area contributed by atoms with E-state index in [9.17, 15) is 4.79 Å². The van der Waals surface area contributed by atoms with Gasteiger partial charge in [0.2, 0.25) is 11.9 Å². The summed E-state index contributed by atoms with van der Waals surface area (Å²) in [7, 11) is 1.89. The van der Waals surface area contributed by atoms with E-state index in [1.54, 1.807) is 12.3 Å². The Morgan fingerprint density at radius 1 is 1.28 bits per heavy atom. The molecule has 0 radical (unpaired) electrons. The molecule has 2 aromatic heterocycles. The summed E-state index contributed by atoms with van der Waals surface area (Å²) in [5, 5.41) is 19.7. The molecule has 0 saturated carbocycles. The summed E-state index contributed by atoms with van der Waals surface area (Å²) >= 11 is 0. The van der Waals surface area contributed by atoms with Gasteiger partial charge in [-0.3, -0.25) is 9.48 Å². The number of carbonyl (C=O) groups excluding carboxylic acids is 1. The Bertz CT molecular complexity index is 1190. The molecule has 9 heteroatoms. The minimum Gasteiger partial charge on any atom is -0.350 e. The van der Waals surface area contributed by atoms with E-state index in [0.29, 0.717) is 41.8 Å². The summed E-state index contributed by atoms with van der Waals surface area (Å²) in [5.41, 5.74) is 4.02. The van der Waals surface area contributed by atoms with Crippen molar-refractivity contribution >= 4 is 23.4 Å². The molecule has 2 N–H and O–H groups in total. The van der Waals surface area contributed by atoms with Gasteiger partial charge in [-0.2, -0.15) is 15.3 Å². The third-order valence-corrected chi connectivity index (χ3v) is 5.51. The maximum atomic E-state index is 12.5. The number of hydrogen-bond acceptors (Lipinski definition) is 7. The van der Waals surface area contributed by atoms with Crippen LogP contribution in [0.15, 0.2) is 36.7 Å². The van der Waals surface area contributed by atoms with Gasteiger partial charge in [0.1, 0.15) is 11.7 Å². The van der Waals surface area contributed by atoms with E-state index >= 15 is 0 Å². The number of aryl methyl sites for hydroxylation is 1. The molecule has 1 amide bonds. The molecule has 1 aromatic carbocycles. The van der Waals surface area contributed by atoms with E-state index in [0.717, 1.165) is 11.1 Å². The lowest BCUT2D eigenvalue weighted by atomic mass is 9.99. The van der Waals surface area contributed by atoms with Gasteiger partial charge in [-0.25, -0.2) is 4.98 Å². The summed E-state index contributed by atoms with van der Waals surface area (Å²) < 4.78 is 1.84. The lowest BCUT2D eigenvalue weighted by Crippen LogP contribution is -2.49. The van der Waals surface area contributed by atoms with Crippen molar-refractivity contribution in [1.82, 2.24) is 19.7 Å². The zero-order valence-electron chi connectivity index (χ0n) is 18.6. The number of nitrogens with zero attached hydrogens (tertiary/aromatic N) is 6. The Morgan fingerprint density at radius 3 is 2.84 bits per heavy atom. The standard InChI is InChI=1S/C23H26N8O/c1-14(2)20-22(32)28-19-15(3)27-23(29-21(19)30(20)4)25-10-18-11-26-31(13-18)12-17-7-5-6-16(8-17)9-24/h5-8,11,13-14,20H,10,12H2,1-4H3,(H,28,32)(H,25,27,29). The van der Waals surface area contributed by atoms with Crippen LogP contribution in [0, 0.1) is 24.2 Å². The monoisotopic (exact) mass is 430 g/mol. The second-order valence-corrected chi connectivity index (χ2v) is 8.33. The molecule has 4 rings (SSSR count). The maximum Gasteiger partial charge on any atom is 0.247 e. The molecule has 1 aliphatic heterocycles. The molecule has 1 aliphatic rings. The van der Waals surface area contributed by atoms with Gasteiger partial charge in [0, 0.05) is 25.4 Å². The molecule has 0 bridgehead atoms. The number of aromatic nitrogens is 4. The molecule has 0 spiro atoms. The van der Waals surface area contributed by atoms with Crippen LogP contribution in [0.5, 0.6) is 0 Å². The van der Waals surface area contributed by atoms with Crippen molar-refractivity contribution in [2.24, 2.45) is 5.92 Å². The molecule has 0 saturated heterocycles. The predicted molar refractivity (Wildman–Crippen MR) is 122 cm³/mol. The number of hydrogen-bond donors (Lipinski definition) is 2. The quantitative estimate of drug-likeness (QED) is 0.618. The van der Waals surface area contributed by atoms with Crippen molar-refractivity contribution in [1.29, 1.82) is 5.26 Å². The van der Waals surface area contributed by atoms with E-state index in [4.69, 9.17) is 5.26 Å². The van der Waals surface area contributed by atoms with Crippen LogP contribution in [0.2, 0.25) is 0 Å². The Balaban J connectivity index is 1.46. The number of nitrogens with one attached hydrogen (secondary N) is 2. The summed E-state index contributed by atoms with van der Waals surface area (Å²) in [5.74, 6) is 1.34. The van der Waals surface area contributed by atoms with Gasteiger partial charge < -0.3 is 15.5 Å². The maximum absolute atomic E-state index is 12.5. The lowest BCUT2D eigenvalue weighted by Gasteiger charge is -2.36. The van der Waals surface area contributed by atoms with Crippen LogP contribution in [-0.4, -0.2) is 38.7 Å². The molecule has 3 aromatic rings. The summed E-state index contributed by atoms with van der Waals surface area (Å²) in [6.07, 6.45) is 3.76. The van der Waals surface area contributed by atoms with E-state index in [-0.39, 0.29) is 17.9 Å². The number of fused-ring (bicyclic) bond motifs is 1. The van der Waals surface area contributed by atoms with Crippen LogP contribution in [0.3, 0.4) is 0 Å². The van der Waals surface area contributed by atoms with Crippen LogP contribution in [0.4, 0.5) is 17.5 Å². The van der Waals surface area contributed by atoms with Gasteiger partial charge in [0.25, 0.3) is 0 Å². The molecular formula is C23H26N8O. The van der Waals surface area contributed by atoms with Crippen molar-refractivity contribution in [3.8, 4) is 6.07 Å². The highest BCUT2D eigenvalue weighted by molar-refractivity contribution is 6.03. The number of benzene rings is 1. The molecule has 164 valence electrons. The fourth-order valence-electron chi connectivity index (χ4n) is 3.98. The van der Waals surface area contributed by atoms with Crippen molar-refractivity contribution in [3.05, 3.63) is 59.0 Å². The van der Waals surface area contributed by atoms with Gasteiger partial charge >= 0.3 is 0 Å². The van der Waals surface area contributed by atoms with Crippen molar-refractivity contribution in [3.63, 3.8) is 0 Å². The van der Waals surface area contributed by atoms with Crippen LogP contribution in [-0.2, 0) is 17.9 Å². The van der Waals surface area contributed by atoms with E-state index in [1.807, 2.05) is 61.8 Å². The van der Waals surface area contributed by atoms with Crippen molar-refractivity contribution in [2.75, 3.05) is 22.6 Å². The third-order valence-electron chi connectivity index (χ3n) is 5.51. The second-order valence-electron chi connectivity index (χ2n) is 8.33. The van der Waals surface area contributed by atoms with Gasteiger partial charge in [0.05, 0.1) is 30.1 Å². The minimum atomic E-state index is -0.276. The van der Waals surface area contributed by atoms with E-state index in [2.05, 4.69) is 31.8 Å². The smallest absolute Gasteiger partial charge is 0.247 e. The highest BCUT2D eigenvalue weighted by atomic mass is 16.2. The number of anilines is 3. The topological polar surface area (TPSA) is 112 Å². The number of amides is 1. The summed E-state index contributed by atoms with van der Waals surface area (Å²) in [4.78, 5) is 23.6. The first-order valence-electron chi connectivity index (χ1n) is 10.5. The van der Waals surface area contributed by atoms with Gasteiger partial charge in [-0.05, 0) is 30.5 Å². The van der Waals surface area contributed by atoms with Crippen molar-refractivity contribution < 1.29 is 4.79 Å². The van der Waals surface area contributed by atoms with Crippen LogP contribution in [0.25, 0.3) is 0 Å². The molecule has 0 fully saturated rings. The summed E-state index contributed by atoms with van der Waals surface area (Å²) in [6, 6.07) is 9.38. The minimum absolute atomic E-state index is 0.0323. The van der Waals surface area contributed by atoms with E-state index < -0.39 is 0 Å². The first-order valence-corrected chi connectivity index (χ1v) is 10.5. The number of nitriles is 1. The largest absolute Gasteiger partial charge is 0.350 e. The first-order chi connectivity index (χ1) is 15.4. The average Bonchev–Trinajstić information content (AvgIpc) is 3.20. The molecule has 9 nitrogen and oxygen atoms in total. The van der Waals surface area contributed by atoms with Crippen LogP contribution < -0.4 is 15.5 Å². The number of rotatable bonds is 6. The third kappa shape index (κ3) is 4.25. The number of carbonyl (C=O) groups is 1. The zero-order valence-corrected chi connectivity index (χ0v) is 18.6. The van der Waals surface area contributed by atoms with E-state index in [1.165, 1.54) is 0 Å². The zero-order chi connectivity index (χ0) is 22.8. The highest BCUT2D eigenvalue weighted by Gasteiger charge is 2.35. The number of likely N-dealkylation sites (N-methyl/N-ethyl adjacent to an activating group) is 1. The molecular weight excluding hydrogens is 404 g/mol. The average molecular weight is 431 g/mol. The highest BCUT2D eigenvalue weighted by Crippen LogP contribution is 2.34. The molecule has 0 aliphatic carbocycles.